The van der Waals surface area contributed by atoms with Crippen molar-refractivity contribution in [2.45, 2.75) is 52.0 Å². The molecule has 2 aromatic heterocycles. The molecule has 5 heteroatoms. The Morgan fingerprint density at radius 2 is 1.75 bits per heavy atom. The molecule has 0 bridgehead atoms. The molecule has 2 aromatic rings. The Morgan fingerprint density at radius 1 is 1.08 bits per heavy atom. The maximum atomic E-state index is 12.7. The van der Waals surface area contributed by atoms with Crippen molar-refractivity contribution in [1.82, 2.24) is 14.8 Å². The molecule has 2 saturated heterocycles. The Morgan fingerprint density at radius 3 is 2.46 bits per heavy atom. The summed E-state index contributed by atoms with van der Waals surface area (Å²) in [5.74, 6) is 0.180. The number of H-pyrrole nitrogens is 1. The number of rotatable bonds is 3. The first-order valence-electron chi connectivity index (χ1n) is 9.35. The first-order chi connectivity index (χ1) is 11.7. The van der Waals surface area contributed by atoms with Crippen LogP contribution in [0.2, 0.25) is 0 Å². The third-order valence-corrected chi connectivity index (χ3v) is 6.57. The lowest BCUT2D eigenvalue weighted by atomic mass is 10.1. The van der Waals surface area contributed by atoms with Crippen molar-refractivity contribution in [3.63, 3.8) is 0 Å². The molecule has 0 aliphatic carbocycles. The van der Waals surface area contributed by atoms with Gasteiger partial charge in [0.15, 0.2) is 0 Å². The van der Waals surface area contributed by atoms with Crippen LogP contribution in [0, 0.1) is 6.92 Å². The zero-order chi connectivity index (χ0) is 16.5. The van der Waals surface area contributed by atoms with Crippen molar-refractivity contribution < 1.29 is 4.79 Å². The van der Waals surface area contributed by atoms with Crippen molar-refractivity contribution in [1.29, 1.82) is 0 Å². The molecule has 0 spiro atoms. The van der Waals surface area contributed by atoms with E-state index >= 15 is 0 Å². The lowest BCUT2D eigenvalue weighted by Crippen LogP contribution is -2.35. The molecular formula is C19H27N3OS. The molecule has 24 heavy (non-hydrogen) atoms. The van der Waals surface area contributed by atoms with Crippen LogP contribution in [-0.2, 0) is 6.54 Å². The molecule has 0 radical (unpaired) electrons. The second kappa shape index (κ2) is 6.89. The first kappa shape index (κ1) is 16.2. The second-order valence-electron chi connectivity index (χ2n) is 7.25. The number of thiophene rings is 1. The summed E-state index contributed by atoms with van der Waals surface area (Å²) in [6.07, 6.45) is 7.53. The Balaban J connectivity index is 1.57. The van der Waals surface area contributed by atoms with Gasteiger partial charge in [-0.3, -0.25) is 9.69 Å². The van der Waals surface area contributed by atoms with E-state index in [4.69, 9.17) is 0 Å². The van der Waals surface area contributed by atoms with E-state index in [2.05, 4.69) is 22.9 Å². The predicted octanol–water partition coefficient (Wildman–Crippen LogP) is 4.15. The van der Waals surface area contributed by atoms with Crippen LogP contribution in [0.1, 0.15) is 59.5 Å². The number of piperidine rings is 2. The number of hydrogen-bond donors (Lipinski definition) is 1. The minimum atomic E-state index is 0.180. The first-order valence-corrected chi connectivity index (χ1v) is 10.2. The van der Waals surface area contributed by atoms with Gasteiger partial charge in [0.25, 0.3) is 5.91 Å². The highest BCUT2D eigenvalue weighted by molar-refractivity contribution is 7.19. The summed E-state index contributed by atoms with van der Waals surface area (Å²) in [5, 5.41) is 0. The fraction of sp³-hybridized carbons (Fsp3) is 0.632. The quantitative estimate of drug-likeness (QED) is 0.908. The topological polar surface area (TPSA) is 39.3 Å². The van der Waals surface area contributed by atoms with Gasteiger partial charge in [-0.05, 0) is 58.2 Å². The van der Waals surface area contributed by atoms with Gasteiger partial charge in [-0.2, -0.15) is 0 Å². The minimum absolute atomic E-state index is 0.180. The van der Waals surface area contributed by atoms with E-state index in [1.54, 1.807) is 0 Å². The highest BCUT2D eigenvalue weighted by Crippen LogP contribution is 2.33. The largest absolute Gasteiger partial charge is 0.350 e. The molecule has 0 saturated carbocycles. The SMILES string of the molecule is Cc1sc2cc(C(=O)N3CCCCC3)[nH]c2c1CN1CCCCC1. The van der Waals surface area contributed by atoms with Crippen molar-refractivity contribution in [2.75, 3.05) is 26.2 Å². The number of nitrogens with one attached hydrogen (secondary N) is 1. The molecule has 2 aliphatic rings. The summed E-state index contributed by atoms with van der Waals surface area (Å²) >= 11 is 1.82. The van der Waals surface area contributed by atoms with Crippen LogP contribution in [0.5, 0.6) is 0 Å². The van der Waals surface area contributed by atoms with E-state index < -0.39 is 0 Å². The van der Waals surface area contributed by atoms with Gasteiger partial charge in [-0.25, -0.2) is 0 Å². The predicted molar refractivity (Wildman–Crippen MR) is 99.8 cm³/mol. The second-order valence-corrected chi connectivity index (χ2v) is 8.51. The highest BCUT2D eigenvalue weighted by atomic mass is 32.1. The molecule has 4 rings (SSSR count). The maximum absolute atomic E-state index is 12.7. The molecule has 2 aliphatic heterocycles. The number of carbonyl (C=O) groups excluding carboxylic acids is 1. The normalized spacial score (nSPS) is 20.0. The maximum Gasteiger partial charge on any atom is 0.270 e. The van der Waals surface area contributed by atoms with Crippen LogP contribution < -0.4 is 0 Å². The van der Waals surface area contributed by atoms with Crippen molar-refractivity contribution in [2.24, 2.45) is 0 Å². The summed E-state index contributed by atoms with van der Waals surface area (Å²) in [5.41, 5.74) is 3.37. The molecule has 130 valence electrons. The third kappa shape index (κ3) is 3.11. The van der Waals surface area contributed by atoms with Crippen molar-refractivity contribution >= 4 is 27.5 Å². The van der Waals surface area contributed by atoms with Gasteiger partial charge >= 0.3 is 0 Å². The Hall–Kier alpha value is -1.33. The molecule has 4 nitrogen and oxygen atoms in total. The van der Waals surface area contributed by atoms with Crippen molar-refractivity contribution in [3.8, 4) is 0 Å². The van der Waals surface area contributed by atoms with E-state index in [-0.39, 0.29) is 5.91 Å². The summed E-state index contributed by atoms with van der Waals surface area (Å²) in [4.78, 5) is 22.2. The number of carbonyl (C=O) groups is 1. The van der Waals surface area contributed by atoms with Gasteiger partial charge in [0.1, 0.15) is 5.69 Å². The van der Waals surface area contributed by atoms with E-state index in [1.807, 2.05) is 16.2 Å². The Kier molecular flexibility index (Phi) is 4.63. The van der Waals surface area contributed by atoms with Gasteiger partial charge in [0.2, 0.25) is 0 Å². The van der Waals surface area contributed by atoms with Gasteiger partial charge in [-0.15, -0.1) is 11.3 Å². The van der Waals surface area contributed by atoms with E-state index in [0.29, 0.717) is 0 Å². The number of aromatic amines is 1. The van der Waals surface area contributed by atoms with Crippen LogP contribution in [0.15, 0.2) is 6.07 Å². The van der Waals surface area contributed by atoms with E-state index in [1.165, 1.54) is 59.4 Å². The van der Waals surface area contributed by atoms with E-state index in [0.717, 1.165) is 38.2 Å². The molecular weight excluding hydrogens is 318 g/mol. The molecule has 1 amide bonds. The molecule has 0 atom stereocenters. The number of nitrogens with zero attached hydrogens (tertiary/aromatic N) is 2. The number of fused-ring (bicyclic) bond motifs is 1. The van der Waals surface area contributed by atoms with Crippen LogP contribution in [0.25, 0.3) is 10.2 Å². The monoisotopic (exact) mass is 345 g/mol. The number of aromatic nitrogens is 1. The summed E-state index contributed by atoms with van der Waals surface area (Å²) in [6, 6.07) is 2.07. The molecule has 1 N–H and O–H groups in total. The summed E-state index contributed by atoms with van der Waals surface area (Å²) in [7, 11) is 0. The molecule has 0 unspecified atom stereocenters. The minimum Gasteiger partial charge on any atom is -0.350 e. The zero-order valence-electron chi connectivity index (χ0n) is 14.6. The van der Waals surface area contributed by atoms with Gasteiger partial charge in [0.05, 0.1) is 10.2 Å². The van der Waals surface area contributed by atoms with E-state index in [9.17, 15) is 4.79 Å². The number of hydrogen-bond acceptors (Lipinski definition) is 3. The number of amides is 1. The fourth-order valence-electron chi connectivity index (χ4n) is 4.06. The molecule has 4 heterocycles. The fourth-order valence-corrected chi connectivity index (χ4v) is 5.13. The van der Waals surface area contributed by atoms with Crippen LogP contribution >= 0.6 is 11.3 Å². The highest BCUT2D eigenvalue weighted by Gasteiger charge is 2.22. The average molecular weight is 346 g/mol. The van der Waals surface area contributed by atoms with Gasteiger partial charge in [0, 0.05) is 30.1 Å². The smallest absolute Gasteiger partial charge is 0.270 e. The Bertz CT molecular complexity index is 720. The average Bonchev–Trinajstić information content (AvgIpc) is 3.15. The molecule has 2 fully saturated rings. The Labute approximate surface area is 147 Å². The van der Waals surface area contributed by atoms with Crippen LogP contribution in [0.3, 0.4) is 0 Å². The third-order valence-electron chi connectivity index (χ3n) is 5.48. The van der Waals surface area contributed by atoms with Crippen molar-refractivity contribution in [3.05, 3.63) is 22.2 Å². The van der Waals surface area contributed by atoms with Crippen LogP contribution in [0.4, 0.5) is 0 Å². The van der Waals surface area contributed by atoms with Gasteiger partial charge in [-0.1, -0.05) is 6.42 Å². The van der Waals surface area contributed by atoms with Crippen LogP contribution in [-0.4, -0.2) is 46.9 Å². The standard InChI is InChI=1S/C19H27N3OS/c1-14-15(13-21-8-4-2-5-9-21)18-17(24-14)12-16(20-18)19(23)22-10-6-3-7-11-22/h12,20H,2-11,13H2,1H3. The van der Waals surface area contributed by atoms with Gasteiger partial charge < -0.3 is 9.88 Å². The lowest BCUT2D eigenvalue weighted by molar-refractivity contribution is 0.0719. The number of likely N-dealkylation sites (tertiary alicyclic amines) is 2. The zero-order valence-corrected chi connectivity index (χ0v) is 15.4. The number of aryl methyl sites for hydroxylation is 1. The summed E-state index contributed by atoms with van der Waals surface area (Å²) in [6.45, 7) is 7.46. The summed E-state index contributed by atoms with van der Waals surface area (Å²) < 4.78 is 1.24. The lowest BCUT2D eigenvalue weighted by Gasteiger charge is -2.26. The molecule has 0 aromatic carbocycles.